The molecule has 1 aliphatic carbocycles. The van der Waals surface area contributed by atoms with Crippen LogP contribution in [-0.4, -0.2) is 8.07 Å². The quantitative estimate of drug-likeness (QED) is 0.133. The Morgan fingerprint density at radius 3 is 1.43 bits per heavy atom. The number of para-hydroxylation sites is 2. The molecule has 0 saturated carbocycles. The van der Waals surface area contributed by atoms with E-state index in [1.807, 2.05) is 0 Å². The van der Waals surface area contributed by atoms with Gasteiger partial charge < -0.3 is 9.80 Å². The maximum atomic E-state index is 2.51. The number of nitrogens with zero attached hydrogens (tertiary/aromatic N) is 2. The van der Waals surface area contributed by atoms with Gasteiger partial charge in [-0.05, 0) is 120 Å². The Labute approximate surface area is 411 Å². The summed E-state index contributed by atoms with van der Waals surface area (Å²) in [5.74, 6) is 0. The smallest absolute Gasteiger partial charge is 0.184 e. The fraction of sp³-hybridized carbons (Fsp3) is 0.0149. The Morgan fingerprint density at radius 1 is 0.314 bits per heavy atom. The van der Waals surface area contributed by atoms with Crippen LogP contribution in [-0.2, 0) is 5.41 Å². The van der Waals surface area contributed by atoms with Gasteiger partial charge in [0.05, 0.1) is 5.41 Å². The van der Waals surface area contributed by atoms with Gasteiger partial charge in [0.15, 0.2) is 8.07 Å². The number of rotatable bonds is 9. The highest BCUT2D eigenvalue weighted by Crippen LogP contribution is 2.56. The zero-order chi connectivity index (χ0) is 46.5. The number of hydrogen-bond donors (Lipinski definition) is 0. The molecule has 0 bridgehead atoms. The van der Waals surface area contributed by atoms with E-state index in [1.54, 1.807) is 0 Å². The summed E-state index contributed by atoms with van der Waals surface area (Å²) < 4.78 is 0. The van der Waals surface area contributed by atoms with E-state index in [1.165, 1.54) is 76.6 Å². The first kappa shape index (κ1) is 41.4. The van der Waals surface area contributed by atoms with Crippen molar-refractivity contribution in [3.05, 3.63) is 313 Å². The third-order valence-electron chi connectivity index (χ3n) is 14.8. The highest BCUT2D eigenvalue weighted by atomic mass is 28.3. The van der Waals surface area contributed by atoms with E-state index in [0.29, 0.717) is 0 Å². The second-order valence-electron chi connectivity index (χ2n) is 18.4. The van der Waals surface area contributed by atoms with Crippen molar-refractivity contribution < 1.29 is 0 Å². The van der Waals surface area contributed by atoms with Gasteiger partial charge in [-0.25, -0.2) is 0 Å². The van der Waals surface area contributed by atoms with Crippen LogP contribution < -0.4 is 30.5 Å². The van der Waals surface area contributed by atoms with Gasteiger partial charge in [0.25, 0.3) is 0 Å². The zero-order valence-corrected chi connectivity index (χ0v) is 39.6. The molecule has 0 radical (unpaired) electrons. The zero-order valence-electron chi connectivity index (χ0n) is 38.6. The maximum absolute atomic E-state index is 2.91. The average molecular weight is 909 g/mol. The highest BCUT2D eigenvalue weighted by Gasteiger charge is 2.49. The first-order valence-corrected chi connectivity index (χ1v) is 26.3. The van der Waals surface area contributed by atoms with Gasteiger partial charge in [-0.3, -0.25) is 0 Å². The Kier molecular flexibility index (Phi) is 10.1. The molecule has 2 aliphatic rings. The molecule has 330 valence electrons. The monoisotopic (exact) mass is 908 g/mol. The van der Waals surface area contributed by atoms with Crippen LogP contribution in [0.3, 0.4) is 0 Å². The van der Waals surface area contributed by atoms with Crippen LogP contribution in [0.25, 0.3) is 22.3 Å². The number of fused-ring (bicyclic) bond motifs is 5. The molecule has 0 amide bonds. The SMILES string of the molecule is c1ccc(-c2ccc(N(c3cccc(C4(c5ccccc5)c5ccccc5-c5ccccc54)c3)c3ccc4c(c3)N(c3ccccc3)c3ccccc3[Si]4(c3ccccc3)c3ccccc3)cc2)cc1. The molecule has 3 heteroatoms. The molecule has 11 aromatic carbocycles. The first-order chi connectivity index (χ1) is 34.7. The number of anilines is 6. The third-order valence-corrected chi connectivity index (χ3v) is 19.7. The van der Waals surface area contributed by atoms with E-state index < -0.39 is 13.5 Å². The second kappa shape index (κ2) is 17.1. The molecule has 0 saturated heterocycles. The van der Waals surface area contributed by atoms with Crippen LogP contribution in [0.4, 0.5) is 34.1 Å². The van der Waals surface area contributed by atoms with E-state index >= 15 is 0 Å². The lowest BCUT2D eigenvalue weighted by atomic mass is 9.67. The first-order valence-electron chi connectivity index (χ1n) is 24.3. The Balaban J connectivity index is 1.08. The van der Waals surface area contributed by atoms with Crippen LogP contribution >= 0.6 is 0 Å². The lowest BCUT2D eigenvalue weighted by molar-refractivity contribution is 0.768. The molecule has 0 unspecified atom stereocenters. The van der Waals surface area contributed by atoms with Crippen molar-refractivity contribution in [1.82, 2.24) is 0 Å². The third kappa shape index (κ3) is 6.40. The molecule has 1 heterocycles. The molecule has 1 aliphatic heterocycles. The van der Waals surface area contributed by atoms with Crippen LogP contribution in [0.15, 0.2) is 291 Å². The average Bonchev–Trinajstić information content (AvgIpc) is 3.75. The van der Waals surface area contributed by atoms with Crippen LogP contribution in [0.2, 0.25) is 0 Å². The van der Waals surface area contributed by atoms with Gasteiger partial charge in [-0.15, -0.1) is 0 Å². The van der Waals surface area contributed by atoms with Gasteiger partial charge in [0.1, 0.15) is 0 Å². The Morgan fingerprint density at radius 2 is 0.786 bits per heavy atom. The molecule has 0 atom stereocenters. The predicted molar refractivity (Wildman–Crippen MR) is 296 cm³/mol. The van der Waals surface area contributed by atoms with Crippen LogP contribution in [0, 0.1) is 0 Å². The van der Waals surface area contributed by atoms with Crippen molar-refractivity contribution in [2.24, 2.45) is 0 Å². The summed E-state index contributed by atoms with van der Waals surface area (Å²) in [5.41, 5.74) is 16.2. The summed E-state index contributed by atoms with van der Waals surface area (Å²) in [4.78, 5) is 4.98. The normalized spacial score (nSPS) is 13.6. The maximum Gasteiger partial charge on any atom is 0.184 e. The minimum Gasteiger partial charge on any atom is -0.311 e. The van der Waals surface area contributed by atoms with Crippen molar-refractivity contribution in [1.29, 1.82) is 0 Å². The summed E-state index contributed by atoms with van der Waals surface area (Å²) in [6.07, 6.45) is 0. The molecular formula is C67H48N2Si. The molecule has 2 nitrogen and oxygen atoms in total. The van der Waals surface area contributed by atoms with E-state index in [4.69, 9.17) is 0 Å². The van der Waals surface area contributed by atoms with Crippen molar-refractivity contribution in [2.45, 2.75) is 5.41 Å². The lowest BCUT2D eigenvalue weighted by Gasteiger charge is -2.45. The molecule has 70 heavy (non-hydrogen) atoms. The molecular weight excluding hydrogens is 861 g/mol. The van der Waals surface area contributed by atoms with E-state index in [9.17, 15) is 0 Å². The fourth-order valence-electron chi connectivity index (χ4n) is 11.9. The van der Waals surface area contributed by atoms with Gasteiger partial charge in [-0.1, -0.05) is 237 Å². The summed E-state index contributed by atoms with van der Waals surface area (Å²) >= 11 is 0. The Bertz CT molecular complexity index is 3570. The second-order valence-corrected chi connectivity index (χ2v) is 22.1. The predicted octanol–water partition coefficient (Wildman–Crippen LogP) is 14.3. The number of benzene rings is 11. The van der Waals surface area contributed by atoms with Gasteiger partial charge >= 0.3 is 0 Å². The lowest BCUT2D eigenvalue weighted by Crippen LogP contribution is -2.77. The molecule has 0 N–H and O–H groups in total. The minimum absolute atomic E-state index is 0.548. The minimum atomic E-state index is -2.91. The van der Waals surface area contributed by atoms with Crippen molar-refractivity contribution in [3.8, 4) is 22.3 Å². The molecule has 11 aromatic rings. The van der Waals surface area contributed by atoms with Crippen LogP contribution in [0.5, 0.6) is 0 Å². The number of hydrogen-bond acceptors (Lipinski definition) is 2. The summed E-state index contributed by atoms with van der Waals surface area (Å²) in [6.45, 7) is 0. The largest absolute Gasteiger partial charge is 0.311 e. The van der Waals surface area contributed by atoms with E-state index in [2.05, 4.69) is 301 Å². The molecule has 0 fully saturated rings. The van der Waals surface area contributed by atoms with Gasteiger partial charge in [0, 0.05) is 34.1 Å². The molecule has 0 aromatic heterocycles. The Hall–Kier alpha value is -8.76. The summed E-state index contributed by atoms with van der Waals surface area (Å²) in [7, 11) is -2.91. The van der Waals surface area contributed by atoms with Gasteiger partial charge in [-0.2, -0.15) is 0 Å². The van der Waals surface area contributed by atoms with Gasteiger partial charge in [0.2, 0.25) is 0 Å². The standard InChI is InChI=1S/C67H48N2Si/c1-6-23-49(24-7-1)50-41-43-54(44-42-50)68(55-30-22-27-52(47-55)67(51-25-8-2-9-26-51)61-37-18-16-35-59(61)60-36-17-19-38-62(60)67)56-45-46-66-64(48-56)69(53-28-10-3-11-29-53)63-39-20-21-40-65(63)70(66,57-31-12-4-13-32-57)58-33-14-5-15-34-58/h1-48H. The fourth-order valence-corrected chi connectivity index (χ4v) is 17.0. The molecule has 13 rings (SSSR count). The highest BCUT2D eigenvalue weighted by molar-refractivity contribution is 7.21. The topological polar surface area (TPSA) is 6.48 Å². The summed E-state index contributed by atoms with van der Waals surface area (Å²) in [6, 6.07) is 108. The van der Waals surface area contributed by atoms with Crippen molar-refractivity contribution in [2.75, 3.05) is 9.80 Å². The van der Waals surface area contributed by atoms with E-state index in [0.717, 1.165) is 22.7 Å². The molecule has 0 spiro atoms. The van der Waals surface area contributed by atoms with Crippen molar-refractivity contribution >= 4 is 62.9 Å². The summed E-state index contributed by atoms with van der Waals surface area (Å²) in [5, 5.41) is 5.45. The van der Waals surface area contributed by atoms with Crippen LogP contribution in [0.1, 0.15) is 22.3 Å². The van der Waals surface area contributed by atoms with E-state index in [-0.39, 0.29) is 0 Å². The van der Waals surface area contributed by atoms with Crippen molar-refractivity contribution in [3.63, 3.8) is 0 Å².